The minimum Gasteiger partial charge on any atom is -0.493 e. The number of fused-ring (bicyclic) bond motifs is 1. The zero-order valence-electron chi connectivity index (χ0n) is 11.1. The van der Waals surface area contributed by atoms with Gasteiger partial charge in [-0.1, -0.05) is 0 Å². The molecule has 0 fully saturated rings. The molecular weight excluding hydrogens is 274 g/mol. The van der Waals surface area contributed by atoms with Gasteiger partial charge in [-0.05, 0) is 30.7 Å². The van der Waals surface area contributed by atoms with Crippen LogP contribution in [0.2, 0.25) is 0 Å². The number of anilines is 1. The van der Waals surface area contributed by atoms with Crippen LogP contribution in [0.3, 0.4) is 0 Å². The number of aromatic nitrogens is 1. The maximum atomic E-state index is 11.5. The number of ether oxygens (including phenoxy) is 1. The molecule has 1 aromatic carbocycles. The third-order valence-electron chi connectivity index (χ3n) is 3.13. The molecule has 0 saturated carbocycles. The van der Waals surface area contributed by atoms with Gasteiger partial charge in [0, 0.05) is 17.4 Å². The van der Waals surface area contributed by atoms with Gasteiger partial charge in [0.05, 0.1) is 18.3 Å². The molecule has 1 aliphatic rings. The fraction of sp³-hybridized carbons (Fsp3) is 0.286. The molecule has 3 N–H and O–H groups in total. The Labute approximate surface area is 120 Å². The smallest absolute Gasteiger partial charge is 0.242 e. The highest BCUT2D eigenvalue weighted by Gasteiger charge is 2.15. The van der Waals surface area contributed by atoms with E-state index in [1.165, 1.54) is 16.9 Å². The molecular formula is C14H15N3O2S. The summed E-state index contributed by atoms with van der Waals surface area (Å²) in [5, 5.41) is 5.20. The number of rotatable bonds is 3. The molecule has 0 unspecified atom stereocenters. The number of carbonyl (C=O) groups excluding carboxylic acids is 1. The minimum atomic E-state index is -0.542. The predicted molar refractivity (Wildman–Crippen MR) is 79.0 cm³/mol. The molecule has 3 rings (SSSR count). The van der Waals surface area contributed by atoms with Gasteiger partial charge in [0.2, 0.25) is 5.91 Å². The van der Waals surface area contributed by atoms with Gasteiger partial charge in [0.25, 0.3) is 0 Å². The molecule has 0 bridgehead atoms. The quantitative estimate of drug-likeness (QED) is 0.906. The average Bonchev–Trinajstić information content (AvgIpc) is 3.05. The fourth-order valence-corrected chi connectivity index (χ4v) is 2.75. The summed E-state index contributed by atoms with van der Waals surface area (Å²) in [4.78, 5) is 15.9. The van der Waals surface area contributed by atoms with Crippen molar-refractivity contribution in [3.63, 3.8) is 0 Å². The number of hydrogen-bond acceptors (Lipinski definition) is 5. The lowest BCUT2D eigenvalue weighted by Gasteiger charge is -2.04. The van der Waals surface area contributed by atoms with Gasteiger partial charge in [-0.15, -0.1) is 11.3 Å². The van der Waals surface area contributed by atoms with E-state index in [1.54, 1.807) is 6.92 Å². The van der Waals surface area contributed by atoms with Crippen LogP contribution in [0.15, 0.2) is 23.6 Å². The lowest BCUT2D eigenvalue weighted by Crippen LogP contribution is -2.32. The molecule has 2 aromatic rings. The number of thiazole rings is 1. The monoisotopic (exact) mass is 289 g/mol. The second-order valence-corrected chi connectivity index (χ2v) is 5.59. The number of nitrogens with two attached hydrogens (primary N) is 1. The molecule has 0 saturated heterocycles. The summed E-state index contributed by atoms with van der Waals surface area (Å²) in [6.45, 7) is 2.38. The molecule has 5 nitrogen and oxygen atoms in total. The fourth-order valence-electron chi connectivity index (χ4n) is 2.03. The topological polar surface area (TPSA) is 77.2 Å². The second-order valence-electron chi connectivity index (χ2n) is 4.74. The van der Waals surface area contributed by atoms with Crippen molar-refractivity contribution in [1.29, 1.82) is 0 Å². The summed E-state index contributed by atoms with van der Waals surface area (Å²) >= 11 is 1.39. The predicted octanol–water partition coefficient (Wildman–Crippen LogP) is 2.03. The second kappa shape index (κ2) is 5.22. The highest BCUT2D eigenvalue weighted by Crippen LogP contribution is 2.31. The van der Waals surface area contributed by atoms with Crippen molar-refractivity contribution in [2.75, 3.05) is 11.9 Å². The van der Waals surface area contributed by atoms with Crippen LogP contribution >= 0.6 is 11.3 Å². The molecule has 20 heavy (non-hydrogen) atoms. The maximum Gasteiger partial charge on any atom is 0.242 e. The zero-order valence-corrected chi connectivity index (χ0v) is 11.9. The molecule has 1 amide bonds. The Hall–Kier alpha value is -1.92. The first-order valence-corrected chi connectivity index (χ1v) is 7.29. The van der Waals surface area contributed by atoms with Crippen molar-refractivity contribution >= 4 is 22.4 Å². The largest absolute Gasteiger partial charge is 0.493 e. The number of amides is 1. The molecule has 1 aliphatic heterocycles. The van der Waals surface area contributed by atoms with E-state index in [9.17, 15) is 4.79 Å². The van der Waals surface area contributed by atoms with E-state index < -0.39 is 6.04 Å². The van der Waals surface area contributed by atoms with Gasteiger partial charge in [-0.25, -0.2) is 4.98 Å². The van der Waals surface area contributed by atoms with Crippen molar-refractivity contribution in [1.82, 2.24) is 4.98 Å². The van der Waals surface area contributed by atoms with E-state index in [-0.39, 0.29) is 5.91 Å². The van der Waals surface area contributed by atoms with Gasteiger partial charge >= 0.3 is 0 Å². The Bertz CT molecular complexity index is 652. The Morgan fingerprint density at radius 1 is 1.55 bits per heavy atom. The van der Waals surface area contributed by atoms with Crippen molar-refractivity contribution in [2.45, 2.75) is 19.4 Å². The number of carbonyl (C=O) groups is 1. The Balaban J connectivity index is 1.81. The van der Waals surface area contributed by atoms with Gasteiger partial charge in [0.15, 0.2) is 5.13 Å². The maximum absolute atomic E-state index is 11.5. The van der Waals surface area contributed by atoms with Gasteiger partial charge < -0.3 is 15.8 Å². The van der Waals surface area contributed by atoms with E-state index in [4.69, 9.17) is 10.5 Å². The number of nitrogens with one attached hydrogen (secondary N) is 1. The van der Waals surface area contributed by atoms with Gasteiger partial charge in [-0.3, -0.25) is 4.79 Å². The first-order chi connectivity index (χ1) is 9.63. The third-order valence-corrected chi connectivity index (χ3v) is 3.89. The summed E-state index contributed by atoms with van der Waals surface area (Å²) in [6, 6.07) is 5.50. The highest BCUT2D eigenvalue weighted by atomic mass is 32.1. The van der Waals surface area contributed by atoms with Crippen LogP contribution < -0.4 is 15.8 Å². The van der Waals surface area contributed by atoms with E-state index in [2.05, 4.69) is 16.4 Å². The Morgan fingerprint density at radius 3 is 3.20 bits per heavy atom. The molecule has 0 aliphatic carbocycles. The average molecular weight is 289 g/mol. The molecule has 2 heterocycles. The van der Waals surface area contributed by atoms with Crippen LogP contribution in [-0.2, 0) is 11.2 Å². The van der Waals surface area contributed by atoms with Crippen LogP contribution in [0.4, 0.5) is 5.13 Å². The minimum absolute atomic E-state index is 0.228. The zero-order chi connectivity index (χ0) is 14.1. The summed E-state index contributed by atoms with van der Waals surface area (Å²) in [5.41, 5.74) is 8.60. The normalized spacial score (nSPS) is 14.5. The van der Waals surface area contributed by atoms with Crippen molar-refractivity contribution in [2.24, 2.45) is 5.73 Å². The van der Waals surface area contributed by atoms with Gasteiger partial charge in [-0.2, -0.15) is 0 Å². The lowest BCUT2D eigenvalue weighted by molar-refractivity contribution is -0.117. The summed E-state index contributed by atoms with van der Waals surface area (Å²) in [6.07, 6.45) is 0.932. The van der Waals surface area contributed by atoms with E-state index in [0.29, 0.717) is 5.13 Å². The van der Waals surface area contributed by atoms with E-state index in [0.717, 1.165) is 30.0 Å². The first-order valence-electron chi connectivity index (χ1n) is 6.41. The van der Waals surface area contributed by atoms with Gasteiger partial charge in [0.1, 0.15) is 5.75 Å². The molecule has 0 radical (unpaired) electrons. The molecule has 6 heteroatoms. The third kappa shape index (κ3) is 2.52. The summed E-state index contributed by atoms with van der Waals surface area (Å²) < 4.78 is 5.48. The molecule has 104 valence electrons. The van der Waals surface area contributed by atoms with E-state index in [1.807, 2.05) is 17.5 Å². The number of hydrogen-bond donors (Lipinski definition) is 2. The van der Waals surface area contributed by atoms with E-state index >= 15 is 0 Å². The first kappa shape index (κ1) is 13.1. The van der Waals surface area contributed by atoms with Crippen LogP contribution in [0, 0.1) is 0 Å². The van der Waals surface area contributed by atoms with Crippen molar-refractivity contribution in [3.05, 3.63) is 29.1 Å². The SMILES string of the molecule is C[C@H](N)C(=O)Nc1nc(-c2ccc3c(c2)CCO3)cs1. The number of benzene rings is 1. The Morgan fingerprint density at radius 2 is 2.40 bits per heavy atom. The van der Waals surface area contributed by atoms with Crippen LogP contribution in [-0.4, -0.2) is 23.5 Å². The Kier molecular flexibility index (Phi) is 3.42. The van der Waals surface area contributed by atoms with Crippen molar-refractivity contribution in [3.8, 4) is 17.0 Å². The molecule has 1 atom stereocenters. The van der Waals surface area contributed by atoms with Crippen LogP contribution in [0.5, 0.6) is 5.75 Å². The molecule has 0 spiro atoms. The van der Waals surface area contributed by atoms with Crippen molar-refractivity contribution < 1.29 is 9.53 Å². The standard InChI is InChI=1S/C14H15N3O2S/c1-8(15)13(18)17-14-16-11(7-20-14)9-2-3-12-10(6-9)4-5-19-12/h2-3,6-8H,4-5,15H2,1H3,(H,16,17,18)/t8-/m0/s1. The molecule has 1 aromatic heterocycles. The number of nitrogens with zero attached hydrogens (tertiary/aromatic N) is 1. The highest BCUT2D eigenvalue weighted by molar-refractivity contribution is 7.14. The lowest BCUT2D eigenvalue weighted by atomic mass is 10.1. The summed E-state index contributed by atoms with van der Waals surface area (Å²) in [5.74, 6) is 0.725. The summed E-state index contributed by atoms with van der Waals surface area (Å²) in [7, 11) is 0. The van der Waals surface area contributed by atoms with Crippen LogP contribution in [0.1, 0.15) is 12.5 Å². The van der Waals surface area contributed by atoms with Crippen LogP contribution in [0.25, 0.3) is 11.3 Å².